The topological polar surface area (TPSA) is 64.1 Å². The van der Waals surface area contributed by atoms with Crippen LogP contribution in [0.2, 0.25) is 5.02 Å². The first-order valence-corrected chi connectivity index (χ1v) is 8.58. The number of pyridine rings is 2. The number of hydrogen-bond acceptors (Lipinski definition) is 4. The Morgan fingerprint density at radius 2 is 2.17 bits per heavy atom. The van der Waals surface area contributed by atoms with Gasteiger partial charge in [-0.25, -0.2) is 4.98 Å². The number of aromatic nitrogens is 2. The zero-order valence-electron chi connectivity index (χ0n) is 12.7. The van der Waals surface area contributed by atoms with Gasteiger partial charge in [0.25, 0.3) is 5.91 Å². The molecule has 122 valence electrons. The Labute approximate surface area is 157 Å². The summed E-state index contributed by atoms with van der Waals surface area (Å²) >= 11 is 8.34. The minimum absolute atomic E-state index is 0.140. The number of hydrogen-bond donors (Lipinski definition) is 1. The predicted molar refractivity (Wildman–Crippen MR) is 103 cm³/mol. The summed E-state index contributed by atoms with van der Waals surface area (Å²) in [4.78, 5) is 20.5. The van der Waals surface area contributed by atoms with Crippen LogP contribution in [0.15, 0.2) is 42.7 Å². The summed E-state index contributed by atoms with van der Waals surface area (Å²) in [6, 6.07) is 9.09. The van der Waals surface area contributed by atoms with Gasteiger partial charge in [-0.2, -0.15) is 0 Å². The molecule has 0 radical (unpaired) electrons. The van der Waals surface area contributed by atoms with Crippen LogP contribution >= 0.6 is 34.2 Å². The summed E-state index contributed by atoms with van der Waals surface area (Å²) in [7, 11) is 0. The summed E-state index contributed by atoms with van der Waals surface area (Å²) in [5.41, 5.74) is 1.66. The molecule has 0 aliphatic rings. The Hall–Kier alpha value is -1.93. The van der Waals surface area contributed by atoms with Crippen LogP contribution in [0.1, 0.15) is 5.56 Å². The van der Waals surface area contributed by atoms with Gasteiger partial charge in [-0.3, -0.25) is 9.78 Å². The molecular formula is C17H13ClIN3O2. The number of aryl methyl sites for hydroxylation is 1. The fraction of sp³-hybridized carbons (Fsp3) is 0.118. The Morgan fingerprint density at radius 1 is 1.33 bits per heavy atom. The third kappa shape index (κ3) is 3.76. The van der Waals surface area contributed by atoms with E-state index in [1.807, 2.05) is 19.1 Å². The first-order chi connectivity index (χ1) is 11.5. The molecule has 0 unspecified atom stereocenters. The summed E-state index contributed by atoms with van der Waals surface area (Å²) < 4.78 is 6.49. The number of anilines is 1. The van der Waals surface area contributed by atoms with E-state index in [9.17, 15) is 4.79 Å². The van der Waals surface area contributed by atoms with Gasteiger partial charge in [0.15, 0.2) is 12.4 Å². The fourth-order valence-corrected chi connectivity index (χ4v) is 3.31. The third-order valence-corrected chi connectivity index (χ3v) is 4.39. The number of ether oxygens (including phenoxy) is 1. The van der Waals surface area contributed by atoms with E-state index >= 15 is 0 Å². The van der Waals surface area contributed by atoms with E-state index < -0.39 is 0 Å². The second-order valence-electron chi connectivity index (χ2n) is 5.13. The molecule has 5 nitrogen and oxygen atoms in total. The Bertz CT molecular complexity index is 900. The molecule has 7 heteroatoms. The van der Waals surface area contributed by atoms with Crippen LogP contribution in [0.5, 0.6) is 5.75 Å². The van der Waals surface area contributed by atoms with Crippen molar-refractivity contribution in [3.63, 3.8) is 0 Å². The molecule has 1 aromatic carbocycles. The molecule has 0 saturated carbocycles. The molecule has 0 saturated heterocycles. The van der Waals surface area contributed by atoms with Crippen molar-refractivity contribution in [1.82, 2.24) is 9.97 Å². The van der Waals surface area contributed by atoms with E-state index in [2.05, 4.69) is 37.9 Å². The lowest BCUT2D eigenvalue weighted by molar-refractivity contribution is -0.118. The van der Waals surface area contributed by atoms with Gasteiger partial charge in [0, 0.05) is 17.8 Å². The van der Waals surface area contributed by atoms with Crippen LogP contribution in [0.4, 0.5) is 5.82 Å². The van der Waals surface area contributed by atoms with E-state index in [4.69, 9.17) is 16.3 Å². The molecule has 3 rings (SSSR count). The van der Waals surface area contributed by atoms with E-state index in [1.54, 1.807) is 30.6 Å². The van der Waals surface area contributed by atoms with Gasteiger partial charge in [0.2, 0.25) is 0 Å². The van der Waals surface area contributed by atoms with Gasteiger partial charge in [-0.1, -0.05) is 17.7 Å². The van der Waals surface area contributed by atoms with Crippen molar-refractivity contribution >= 4 is 56.8 Å². The maximum Gasteiger partial charge on any atom is 0.263 e. The van der Waals surface area contributed by atoms with Crippen LogP contribution in [0.25, 0.3) is 10.9 Å². The molecule has 24 heavy (non-hydrogen) atoms. The van der Waals surface area contributed by atoms with Crippen LogP contribution in [-0.4, -0.2) is 22.5 Å². The molecule has 2 aromatic heterocycles. The highest BCUT2D eigenvalue weighted by Crippen LogP contribution is 2.34. The number of carbonyl (C=O) groups excluding carboxylic acids is 1. The number of carbonyl (C=O) groups is 1. The van der Waals surface area contributed by atoms with Crippen molar-refractivity contribution in [3.8, 4) is 5.75 Å². The highest BCUT2D eigenvalue weighted by molar-refractivity contribution is 14.1. The van der Waals surface area contributed by atoms with Crippen LogP contribution in [0.3, 0.4) is 0 Å². The Kier molecular flexibility index (Phi) is 5.15. The van der Waals surface area contributed by atoms with Crippen LogP contribution in [0, 0.1) is 10.5 Å². The van der Waals surface area contributed by atoms with Gasteiger partial charge >= 0.3 is 0 Å². The van der Waals surface area contributed by atoms with Gasteiger partial charge in [-0.05, 0) is 59.3 Å². The lowest BCUT2D eigenvalue weighted by Crippen LogP contribution is -2.21. The molecule has 3 aromatic rings. The highest BCUT2D eigenvalue weighted by atomic mass is 127. The monoisotopic (exact) mass is 453 g/mol. The summed E-state index contributed by atoms with van der Waals surface area (Å²) in [5, 5.41) is 4.08. The first-order valence-electron chi connectivity index (χ1n) is 7.12. The third-order valence-electron chi connectivity index (χ3n) is 3.28. The molecule has 1 N–H and O–H groups in total. The van der Waals surface area contributed by atoms with Crippen molar-refractivity contribution < 1.29 is 9.53 Å². The largest absolute Gasteiger partial charge is 0.480 e. The second kappa shape index (κ2) is 7.31. The molecule has 1 amide bonds. The standard InChI is InChI=1S/C17H13ClIN3O2/c1-10-4-5-14(21-8-10)22-15(23)9-24-17-13(19)7-12(18)11-3-2-6-20-16(11)17/h2-8H,9H2,1H3,(H,21,22,23). The number of nitrogens with zero attached hydrogens (tertiary/aromatic N) is 2. The average molecular weight is 454 g/mol. The second-order valence-corrected chi connectivity index (χ2v) is 6.70. The Morgan fingerprint density at radius 3 is 2.92 bits per heavy atom. The van der Waals surface area contributed by atoms with Crippen molar-refractivity contribution in [2.45, 2.75) is 6.92 Å². The van der Waals surface area contributed by atoms with Crippen molar-refractivity contribution in [3.05, 3.63) is 56.9 Å². The fourth-order valence-electron chi connectivity index (χ4n) is 2.14. The number of fused-ring (bicyclic) bond motifs is 1. The average Bonchev–Trinajstić information content (AvgIpc) is 2.57. The lowest BCUT2D eigenvalue weighted by atomic mass is 10.2. The van der Waals surface area contributed by atoms with E-state index in [1.165, 1.54) is 0 Å². The normalized spacial score (nSPS) is 10.6. The smallest absolute Gasteiger partial charge is 0.263 e. The van der Waals surface area contributed by atoms with Gasteiger partial charge < -0.3 is 10.1 Å². The van der Waals surface area contributed by atoms with E-state index in [-0.39, 0.29) is 12.5 Å². The van der Waals surface area contributed by atoms with Gasteiger partial charge in [0.05, 0.1) is 8.59 Å². The maximum absolute atomic E-state index is 12.1. The Balaban J connectivity index is 1.76. The minimum atomic E-state index is -0.291. The SMILES string of the molecule is Cc1ccc(NC(=O)COc2c(I)cc(Cl)c3cccnc23)nc1. The quantitative estimate of drug-likeness (QED) is 0.601. The summed E-state index contributed by atoms with van der Waals surface area (Å²) in [5.74, 6) is 0.742. The van der Waals surface area contributed by atoms with Gasteiger partial charge in [0.1, 0.15) is 11.3 Å². The van der Waals surface area contributed by atoms with E-state index in [0.717, 1.165) is 14.5 Å². The number of halogens is 2. The molecule has 0 bridgehead atoms. The molecule has 0 fully saturated rings. The highest BCUT2D eigenvalue weighted by Gasteiger charge is 2.14. The van der Waals surface area contributed by atoms with Crippen LogP contribution in [-0.2, 0) is 4.79 Å². The van der Waals surface area contributed by atoms with E-state index in [0.29, 0.717) is 22.1 Å². The van der Waals surface area contributed by atoms with Crippen molar-refractivity contribution in [1.29, 1.82) is 0 Å². The lowest BCUT2D eigenvalue weighted by Gasteiger charge is -2.12. The van der Waals surface area contributed by atoms with Crippen LogP contribution < -0.4 is 10.1 Å². The molecule has 2 heterocycles. The predicted octanol–water partition coefficient (Wildman–Crippen LogP) is 4.21. The molecule has 0 spiro atoms. The number of benzene rings is 1. The number of amides is 1. The van der Waals surface area contributed by atoms with Crippen molar-refractivity contribution in [2.75, 3.05) is 11.9 Å². The molecule has 0 aliphatic carbocycles. The minimum Gasteiger partial charge on any atom is -0.480 e. The first kappa shape index (κ1) is 16.9. The van der Waals surface area contributed by atoms with Crippen molar-refractivity contribution in [2.24, 2.45) is 0 Å². The number of rotatable bonds is 4. The molecule has 0 atom stereocenters. The maximum atomic E-state index is 12.1. The van der Waals surface area contributed by atoms with Gasteiger partial charge in [-0.15, -0.1) is 0 Å². The number of nitrogens with one attached hydrogen (secondary N) is 1. The molecular weight excluding hydrogens is 441 g/mol. The summed E-state index contributed by atoms with van der Waals surface area (Å²) in [6.45, 7) is 1.79. The summed E-state index contributed by atoms with van der Waals surface area (Å²) in [6.07, 6.45) is 3.36. The zero-order chi connectivity index (χ0) is 17.1. The molecule has 0 aliphatic heterocycles. The zero-order valence-corrected chi connectivity index (χ0v) is 15.6.